The number of nitrogens with zero attached hydrogens (tertiary/aromatic N) is 1. The highest BCUT2D eigenvalue weighted by Gasteiger charge is 2.19. The second kappa shape index (κ2) is 6.85. The maximum atomic E-state index is 12.3. The Kier molecular flexibility index (Phi) is 4.85. The lowest BCUT2D eigenvalue weighted by Gasteiger charge is -2.19. The van der Waals surface area contributed by atoms with Gasteiger partial charge in [-0.1, -0.05) is 0 Å². The standard InChI is InChI=1S/C15H22N2O4S/c18-22(19,16-6-3-9-17-7-1-2-8-17)13-4-5-14-15(12-13)21-11-10-20-14/h4-5,12,16H,1-3,6-11H2. The average Bonchev–Trinajstić information content (AvgIpc) is 3.04. The molecule has 6 nitrogen and oxygen atoms in total. The van der Waals surface area contributed by atoms with Gasteiger partial charge < -0.3 is 14.4 Å². The van der Waals surface area contributed by atoms with Gasteiger partial charge in [0.25, 0.3) is 0 Å². The topological polar surface area (TPSA) is 67.9 Å². The van der Waals surface area contributed by atoms with Gasteiger partial charge in [-0.2, -0.15) is 0 Å². The number of hydrogen-bond donors (Lipinski definition) is 1. The first-order chi connectivity index (χ1) is 10.6. The summed E-state index contributed by atoms with van der Waals surface area (Å²) in [6.45, 7) is 4.61. The molecule has 0 aliphatic carbocycles. The fraction of sp³-hybridized carbons (Fsp3) is 0.600. The predicted molar refractivity (Wildman–Crippen MR) is 82.9 cm³/mol. The molecule has 0 spiro atoms. The van der Waals surface area contributed by atoms with Crippen molar-refractivity contribution in [2.45, 2.75) is 24.2 Å². The smallest absolute Gasteiger partial charge is 0.240 e. The van der Waals surface area contributed by atoms with E-state index in [1.807, 2.05) is 0 Å². The molecule has 2 aliphatic rings. The van der Waals surface area contributed by atoms with Crippen LogP contribution in [0.4, 0.5) is 0 Å². The van der Waals surface area contributed by atoms with Gasteiger partial charge in [-0.3, -0.25) is 0 Å². The first-order valence-corrected chi connectivity index (χ1v) is 9.25. The van der Waals surface area contributed by atoms with Gasteiger partial charge in [-0.05, 0) is 51.0 Å². The molecule has 2 aliphatic heterocycles. The zero-order chi connectivity index (χ0) is 15.4. The van der Waals surface area contributed by atoms with Gasteiger partial charge in [0.2, 0.25) is 10.0 Å². The highest BCUT2D eigenvalue weighted by molar-refractivity contribution is 7.89. The fourth-order valence-electron chi connectivity index (χ4n) is 2.79. The van der Waals surface area contributed by atoms with Gasteiger partial charge in [0.05, 0.1) is 4.90 Å². The van der Waals surface area contributed by atoms with E-state index >= 15 is 0 Å². The quantitative estimate of drug-likeness (QED) is 0.796. The molecule has 1 N–H and O–H groups in total. The fourth-order valence-corrected chi connectivity index (χ4v) is 3.88. The molecule has 2 heterocycles. The Balaban J connectivity index is 1.55. The van der Waals surface area contributed by atoms with Crippen molar-refractivity contribution in [1.82, 2.24) is 9.62 Å². The van der Waals surface area contributed by atoms with E-state index in [9.17, 15) is 8.42 Å². The van der Waals surface area contributed by atoms with Crippen molar-refractivity contribution >= 4 is 10.0 Å². The molecule has 0 radical (unpaired) electrons. The average molecular weight is 326 g/mol. The summed E-state index contributed by atoms with van der Waals surface area (Å²) in [4.78, 5) is 2.59. The molecule has 7 heteroatoms. The van der Waals surface area contributed by atoms with E-state index in [1.165, 1.54) is 18.9 Å². The molecule has 22 heavy (non-hydrogen) atoms. The Labute approximate surface area is 131 Å². The molecule has 1 aromatic carbocycles. The molecule has 1 aromatic rings. The summed E-state index contributed by atoms with van der Waals surface area (Å²) in [5.41, 5.74) is 0. The highest BCUT2D eigenvalue weighted by Crippen LogP contribution is 2.32. The summed E-state index contributed by atoms with van der Waals surface area (Å²) in [6, 6.07) is 4.72. The number of hydrogen-bond acceptors (Lipinski definition) is 5. The summed E-state index contributed by atoms with van der Waals surface area (Å²) in [5, 5.41) is 0. The van der Waals surface area contributed by atoms with Crippen LogP contribution >= 0.6 is 0 Å². The number of sulfonamides is 1. The minimum absolute atomic E-state index is 0.220. The van der Waals surface area contributed by atoms with Crippen LogP contribution in [0.2, 0.25) is 0 Å². The summed E-state index contributed by atoms with van der Waals surface area (Å²) >= 11 is 0. The van der Waals surface area contributed by atoms with Crippen molar-refractivity contribution in [3.63, 3.8) is 0 Å². The molecular formula is C15H22N2O4S. The first-order valence-electron chi connectivity index (χ1n) is 7.77. The minimum Gasteiger partial charge on any atom is -0.486 e. The van der Waals surface area contributed by atoms with Crippen molar-refractivity contribution < 1.29 is 17.9 Å². The molecule has 3 rings (SSSR count). The van der Waals surface area contributed by atoms with Crippen LogP contribution in [0.25, 0.3) is 0 Å². The molecule has 1 fully saturated rings. The van der Waals surface area contributed by atoms with E-state index < -0.39 is 10.0 Å². The van der Waals surface area contributed by atoms with Crippen LogP contribution in [0.1, 0.15) is 19.3 Å². The Morgan fingerprint density at radius 3 is 2.59 bits per heavy atom. The second-order valence-corrected chi connectivity index (χ2v) is 7.37. The van der Waals surface area contributed by atoms with Gasteiger partial charge in [-0.25, -0.2) is 13.1 Å². The third-order valence-corrected chi connectivity index (χ3v) is 5.42. The Hall–Kier alpha value is -1.31. The number of likely N-dealkylation sites (tertiary alicyclic amines) is 1. The molecule has 0 bridgehead atoms. The normalized spacial score (nSPS) is 18.5. The van der Waals surface area contributed by atoms with Crippen molar-refractivity contribution in [2.75, 3.05) is 39.4 Å². The number of rotatable bonds is 6. The summed E-state index contributed by atoms with van der Waals surface area (Å²) in [7, 11) is -3.49. The third kappa shape index (κ3) is 3.71. The zero-order valence-electron chi connectivity index (χ0n) is 12.6. The van der Waals surface area contributed by atoms with Gasteiger partial charge in [0.15, 0.2) is 11.5 Å². The van der Waals surface area contributed by atoms with Gasteiger partial charge in [0, 0.05) is 12.6 Å². The van der Waals surface area contributed by atoms with Crippen LogP contribution in [-0.2, 0) is 10.0 Å². The van der Waals surface area contributed by atoms with E-state index in [0.29, 0.717) is 31.3 Å². The Bertz CT molecular complexity index is 612. The van der Waals surface area contributed by atoms with Crippen LogP contribution in [0.15, 0.2) is 23.1 Å². The van der Waals surface area contributed by atoms with Crippen molar-refractivity contribution in [1.29, 1.82) is 0 Å². The van der Waals surface area contributed by atoms with Crippen LogP contribution < -0.4 is 14.2 Å². The van der Waals surface area contributed by atoms with E-state index in [1.54, 1.807) is 12.1 Å². The van der Waals surface area contributed by atoms with Crippen molar-refractivity contribution in [3.05, 3.63) is 18.2 Å². The van der Waals surface area contributed by atoms with E-state index in [4.69, 9.17) is 9.47 Å². The summed E-state index contributed by atoms with van der Waals surface area (Å²) in [5.74, 6) is 1.09. The SMILES string of the molecule is O=S(=O)(NCCCN1CCCC1)c1ccc2c(c1)OCCO2. The number of ether oxygens (including phenoxy) is 2. The maximum absolute atomic E-state index is 12.3. The minimum atomic E-state index is -3.49. The van der Waals surface area contributed by atoms with E-state index in [2.05, 4.69) is 9.62 Å². The van der Waals surface area contributed by atoms with Crippen LogP contribution in [0, 0.1) is 0 Å². The van der Waals surface area contributed by atoms with Gasteiger partial charge in [0.1, 0.15) is 13.2 Å². The molecule has 0 unspecified atom stereocenters. The molecule has 0 atom stereocenters. The zero-order valence-corrected chi connectivity index (χ0v) is 13.4. The first kappa shape index (κ1) is 15.6. The molecular weight excluding hydrogens is 304 g/mol. The maximum Gasteiger partial charge on any atom is 0.240 e. The largest absolute Gasteiger partial charge is 0.486 e. The summed E-state index contributed by atoms with van der Waals surface area (Å²) in [6.07, 6.45) is 3.33. The molecule has 0 amide bonds. The monoisotopic (exact) mass is 326 g/mol. The predicted octanol–water partition coefficient (Wildman–Crippen LogP) is 1.22. The Morgan fingerprint density at radius 2 is 1.82 bits per heavy atom. The van der Waals surface area contributed by atoms with Crippen molar-refractivity contribution in [2.24, 2.45) is 0 Å². The number of benzene rings is 1. The summed E-state index contributed by atoms with van der Waals surface area (Å²) < 4.78 is 38.1. The third-order valence-electron chi connectivity index (χ3n) is 3.97. The molecule has 1 saturated heterocycles. The number of nitrogens with one attached hydrogen (secondary N) is 1. The lowest BCUT2D eigenvalue weighted by Crippen LogP contribution is -2.29. The van der Waals surface area contributed by atoms with E-state index in [-0.39, 0.29) is 4.90 Å². The lowest BCUT2D eigenvalue weighted by molar-refractivity contribution is 0.171. The van der Waals surface area contributed by atoms with E-state index in [0.717, 1.165) is 26.1 Å². The van der Waals surface area contributed by atoms with Crippen molar-refractivity contribution in [3.8, 4) is 11.5 Å². The second-order valence-electron chi connectivity index (χ2n) is 5.61. The lowest BCUT2D eigenvalue weighted by atomic mass is 10.3. The van der Waals surface area contributed by atoms with Crippen LogP contribution in [0.5, 0.6) is 11.5 Å². The number of fused-ring (bicyclic) bond motifs is 1. The van der Waals surface area contributed by atoms with Gasteiger partial charge in [-0.15, -0.1) is 0 Å². The van der Waals surface area contributed by atoms with Crippen LogP contribution in [0.3, 0.4) is 0 Å². The molecule has 0 saturated carbocycles. The molecule has 122 valence electrons. The highest BCUT2D eigenvalue weighted by atomic mass is 32.2. The van der Waals surface area contributed by atoms with Crippen LogP contribution in [-0.4, -0.2) is 52.7 Å². The molecule has 0 aromatic heterocycles. The Morgan fingerprint density at radius 1 is 1.09 bits per heavy atom. The van der Waals surface area contributed by atoms with Gasteiger partial charge >= 0.3 is 0 Å².